The van der Waals surface area contributed by atoms with Gasteiger partial charge in [0, 0.05) is 6.42 Å². The minimum atomic E-state index is -0.794. The highest BCUT2D eigenvalue weighted by atomic mass is 16.5. The molecule has 0 radical (unpaired) electrons. The van der Waals surface area contributed by atoms with E-state index in [1.54, 1.807) is 6.92 Å². The molecule has 1 unspecified atom stereocenters. The van der Waals surface area contributed by atoms with Gasteiger partial charge in [-0.25, -0.2) is 0 Å². The first-order chi connectivity index (χ1) is 14.6. The van der Waals surface area contributed by atoms with Gasteiger partial charge in [-0.3, -0.25) is 4.79 Å². The summed E-state index contributed by atoms with van der Waals surface area (Å²) in [6.07, 6.45) is 25.1. The molecule has 0 aromatic heterocycles. The lowest BCUT2D eigenvalue weighted by Crippen LogP contribution is -2.16. The molecule has 0 N–H and O–H groups in total. The molecule has 0 amide bonds. The van der Waals surface area contributed by atoms with Crippen molar-refractivity contribution in [1.29, 1.82) is 5.26 Å². The van der Waals surface area contributed by atoms with Crippen LogP contribution in [0.1, 0.15) is 142 Å². The molecule has 0 spiro atoms. The maximum Gasteiger partial charge on any atom is 0.307 e. The number of ether oxygens (including phenoxy) is 1. The molecule has 0 aromatic rings. The first-order valence-corrected chi connectivity index (χ1v) is 12.9. The van der Waals surface area contributed by atoms with Crippen LogP contribution in [0.3, 0.4) is 0 Å². The van der Waals surface area contributed by atoms with Crippen LogP contribution >= 0.6 is 0 Å². The molecule has 0 fully saturated rings. The molecule has 0 aromatic carbocycles. The Balaban J connectivity index is 3.22. The van der Waals surface area contributed by atoms with Crippen molar-refractivity contribution in [3.05, 3.63) is 12.2 Å². The highest BCUT2D eigenvalue weighted by Gasteiger charge is 2.13. The number of esters is 1. The normalized spacial score (nSPS) is 11.8. The average Bonchev–Trinajstić information content (AvgIpc) is 2.73. The first-order valence-electron chi connectivity index (χ1n) is 12.9. The van der Waals surface area contributed by atoms with Crippen LogP contribution in [0.5, 0.6) is 0 Å². The lowest BCUT2D eigenvalue weighted by atomic mass is 10.0. The van der Waals surface area contributed by atoms with E-state index in [9.17, 15) is 4.79 Å². The minimum Gasteiger partial charge on any atom is -0.442 e. The largest absolute Gasteiger partial charge is 0.442 e. The van der Waals surface area contributed by atoms with Gasteiger partial charge < -0.3 is 4.74 Å². The SMILES string of the molecule is C=C(C)C(C#N)OC(=O)CCCCCCCCCCCCCCCCCCCCC. The van der Waals surface area contributed by atoms with E-state index in [2.05, 4.69) is 13.5 Å². The third-order valence-electron chi connectivity index (χ3n) is 5.80. The van der Waals surface area contributed by atoms with Crippen LogP contribution < -0.4 is 0 Å². The van der Waals surface area contributed by atoms with Gasteiger partial charge >= 0.3 is 5.97 Å². The molecule has 0 aliphatic rings. The zero-order chi connectivity index (χ0) is 22.3. The van der Waals surface area contributed by atoms with Crippen molar-refractivity contribution in [2.45, 2.75) is 148 Å². The van der Waals surface area contributed by atoms with Gasteiger partial charge in [0.2, 0.25) is 6.10 Å². The molecule has 0 saturated carbocycles. The highest BCUT2D eigenvalue weighted by Crippen LogP contribution is 2.15. The summed E-state index contributed by atoms with van der Waals surface area (Å²) >= 11 is 0. The van der Waals surface area contributed by atoms with Gasteiger partial charge in [-0.2, -0.15) is 5.26 Å². The average molecular weight is 420 g/mol. The third kappa shape index (κ3) is 20.0. The van der Waals surface area contributed by atoms with E-state index in [0.717, 1.165) is 12.8 Å². The second kappa shape index (κ2) is 22.4. The number of rotatable bonds is 22. The summed E-state index contributed by atoms with van der Waals surface area (Å²) in [7, 11) is 0. The maximum absolute atomic E-state index is 11.7. The molecule has 1 atom stereocenters. The number of nitrogens with zero attached hydrogens (tertiary/aromatic N) is 1. The molecular weight excluding hydrogens is 370 g/mol. The Morgan fingerprint density at radius 2 is 1.07 bits per heavy atom. The van der Waals surface area contributed by atoms with Crippen LogP contribution in [0.15, 0.2) is 12.2 Å². The number of nitriles is 1. The maximum atomic E-state index is 11.7. The Morgan fingerprint density at radius 1 is 0.733 bits per heavy atom. The van der Waals surface area contributed by atoms with Crippen molar-refractivity contribution in [3.8, 4) is 6.07 Å². The van der Waals surface area contributed by atoms with Gasteiger partial charge in [0.1, 0.15) is 6.07 Å². The van der Waals surface area contributed by atoms with Crippen LogP contribution in [0.25, 0.3) is 0 Å². The summed E-state index contributed by atoms with van der Waals surface area (Å²) in [5.74, 6) is -0.281. The quantitative estimate of drug-likeness (QED) is 0.1000. The second-order valence-electron chi connectivity index (χ2n) is 8.96. The number of carbonyl (C=O) groups excluding carboxylic acids is 1. The molecule has 0 aliphatic heterocycles. The van der Waals surface area contributed by atoms with Crippen LogP contribution in [-0.4, -0.2) is 12.1 Å². The van der Waals surface area contributed by atoms with Gasteiger partial charge in [-0.05, 0) is 18.9 Å². The van der Waals surface area contributed by atoms with Gasteiger partial charge in [-0.15, -0.1) is 0 Å². The van der Waals surface area contributed by atoms with Crippen molar-refractivity contribution in [1.82, 2.24) is 0 Å². The van der Waals surface area contributed by atoms with Crippen LogP contribution in [0.2, 0.25) is 0 Å². The van der Waals surface area contributed by atoms with Crippen LogP contribution in [0, 0.1) is 11.3 Å². The number of hydrogen-bond donors (Lipinski definition) is 0. The van der Waals surface area contributed by atoms with Gasteiger partial charge in [-0.1, -0.05) is 129 Å². The Bertz CT molecular complexity index is 452. The van der Waals surface area contributed by atoms with Crippen molar-refractivity contribution < 1.29 is 9.53 Å². The van der Waals surface area contributed by atoms with Crippen molar-refractivity contribution >= 4 is 5.97 Å². The van der Waals surface area contributed by atoms with E-state index in [1.807, 2.05) is 6.07 Å². The van der Waals surface area contributed by atoms with E-state index in [-0.39, 0.29) is 5.97 Å². The molecule has 0 aliphatic carbocycles. The molecule has 0 heterocycles. The standard InChI is InChI=1S/C27H49NO2/c1-4-5-6-7-8-9-10-11-12-13-14-15-16-17-18-19-20-21-22-23-27(29)30-26(24-28)25(2)3/h26H,2,4-23H2,1,3H3. The highest BCUT2D eigenvalue weighted by molar-refractivity contribution is 5.70. The Hall–Kier alpha value is -1.30. The number of carbonyl (C=O) groups is 1. The fourth-order valence-electron chi connectivity index (χ4n) is 3.78. The summed E-state index contributed by atoms with van der Waals surface area (Å²) in [5.41, 5.74) is 0.582. The number of unbranched alkanes of at least 4 members (excludes halogenated alkanes) is 18. The molecule has 3 heteroatoms. The van der Waals surface area contributed by atoms with Gasteiger partial charge in [0.25, 0.3) is 0 Å². The summed E-state index contributed by atoms with van der Waals surface area (Å²) in [4.78, 5) is 11.7. The van der Waals surface area contributed by atoms with Gasteiger partial charge in [0.05, 0.1) is 0 Å². The Morgan fingerprint density at radius 3 is 1.37 bits per heavy atom. The predicted octanol–water partition coefficient (Wildman–Crippen LogP) is 8.82. The van der Waals surface area contributed by atoms with E-state index in [1.165, 1.54) is 109 Å². The third-order valence-corrected chi connectivity index (χ3v) is 5.80. The van der Waals surface area contributed by atoms with Crippen LogP contribution in [-0.2, 0) is 9.53 Å². The topological polar surface area (TPSA) is 50.1 Å². The molecule has 174 valence electrons. The summed E-state index contributed by atoms with van der Waals surface area (Å²) in [6.45, 7) is 7.65. The fraction of sp³-hybridized carbons (Fsp3) is 0.852. The smallest absolute Gasteiger partial charge is 0.307 e. The fourth-order valence-corrected chi connectivity index (χ4v) is 3.78. The number of hydrogen-bond acceptors (Lipinski definition) is 3. The lowest BCUT2D eigenvalue weighted by molar-refractivity contribution is -0.145. The van der Waals surface area contributed by atoms with E-state index in [0.29, 0.717) is 12.0 Å². The lowest BCUT2D eigenvalue weighted by Gasteiger charge is -2.10. The summed E-state index contributed by atoms with van der Waals surface area (Å²) in [5, 5.41) is 8.89. The van der Waals surface area contributed by atoms with E-state index in [4.69, 9.17) is 10.00 Å². The molecule has 30 heavy (non-hydrogen) atoms. The molecule has 0 saturated heterocycles. The predicted molar refractivity (Wildman–Crippen MR) is 128 cm³/mol. The zero-order valence-electron chi connectivity index (χ0n) is 20.2. The zero-order valence-corrected chi connectivity index (χ0v) is 20.2. The summed E-state index contributed by atoms with van der Waals surface area (Å²) in [6, 6.07) is 1.95. The summed E-state index contributed by atoms with van der Waals surface area (Å²) < 4.78 is 5.10. The molecule has 0 rings (SSSR count). The van der Waals surface area contributed by atoms with Crippen molar-refractivity contribution in [2.24, 2.45) is 0 Å². The Labute approximate surface area is 187 Å². The monoisotopic (exact) mass is 419 g/mol. The van der Waals surface area contributed by atoms with Crippen molar-refractivity contribution in [2.75, 3.05) is 0 Å². The minimum absolute atomic E-state index is 0.281. The van der Waals surface area contributed by atoms with Gasteiger partial charge in [0.15, 0.2) is 0 Å². The van der Waals surface area contributed by atoms with E-state index < -0.39 is 6.10 Å². The molecule has 3 nitrogen and oxygen atoms in total. The first kappa shape index (κ1) is 28.7. The van der Waals surface area contributed by atoms with Crippen molar-refractivity contribution in [3.63, 3.8) is 0 Å². The molecule has 0 bridgehead atoms. The molecular formula is C27H49NO2. The Kier molecular flexibility index (Phi) is 21.4. The van der Waals surface area contributed by atoms with Crippen LogP contribution in [0.4, 0.5) is 0 Å². The second-order valence-corrected chi connectivity index (χ2v) is 8.96. The van der Waals surface area contributed by atoms with E-state index >= 15 is 0 Å².